The molecule has 0 aliphatic carbocycles. The number of halogens is 1. The first kappa shape index (κ1) is 12.6. The second kappa shape index (κ2) is 6.15. The van der Waals surface area contributed by atoms with Crippen LogP contribution in [0.25, 0.3) is 0 Å². The van der Waals surface area contributed by atoms with Crippen LogP contribution in [0.2, 0.25) is 0 Å². The maximum Gasteiger partial charge on any atom is 0.0279 e. The largest absolute Gasteiger partial charge is 0.165 e. The maximum atomic E-state index is 5.98. The molecule has 0 heterocycles. The van der Waals surface area contributed by atoms with Gasteiger partial charge in [0.05, 0.1) is 0 Å². The Hall–Kier alpha value is 0.640. The third-order valence-electron chi connectivity index (χ3n) is 2.80. The molecule has 0 amide bonds. The summed E-state index contributed by atoms with van der Waals surface area (Å²) in [5.41, 5.74) is 0.345. The van der Waals surface area contributed by atoms with Crippen molar-refractivity contribution in [1.29, 1.82) is 0 Å². The Balaban J connectivity index is 3.80. The van der Waals surface area contributed by atoms with Crippen molar-refractivity contribution in [2.45, 2.75) is 33.6 Å². The molecule has 0 aromatic carbocycles. The Bertz CT molecular complexity index is 114. The average molecular weight is 209 g/mol. The zero-order valence-electron chi connectivity index (χ0n) is 8.69. The first-order chi connectivity index (χ1) is 5.56. The van der Waals surface area contributed by atoms with Crippen molar-refractivity contribution in [1.82, 2.24) is 0 Å². The predicted octanol–water partition coefficient (Wildman–Crippen LogP) is 4.03. The van der Waals surface area contributed by atoms with Crippen molar-refractivity contribution in [2.24, 2.45) is 11.3 Å². The van der Waals surface area contributed by atoms with Crippen LogP contribution in [0.4, 0.5) is 0 Å². The molecular weight excluding hydrogens is 188 g/mol. The van der Waals surface area contributed by atoms with Crippen LogP contribution in [0.15, 0.2) is 0 Å². The van der Waals surface area contributed by atoms with Gasteiger partial charge in [-0.15, -0.1) is 11.6 Å². The quantitative estimate of drug-likeness (QED) is 0.469. The highest BCUT2D eigenvalue weighted by Gasteiger charge is 2.26. The van der Waals surface area contributed by atoms with Gasteiger partial charge in [0.1, 0.15) is 0 Å². The second-order valence-electron chi connectivity index (χ2n) is 4.04. The van der Waals surface area contributed by atoms with Gasteiger partial charge in [0.15, 0.2) is 0 Å². The van der Waals surface area contributed by atoms with Crippen LogP contribution in [0.3, 0.4) is 0 Å². The molecular formula is C10H21ClS. The van der Waals surface area contributed by atoms with Crippen LogP contribution in [-0.4, -0.2) is 17.9 Å². The molecule has 0 aromatic heterocycles. The minimum Gasteiger partial charge on any atom is -0.165 e. The molecule has 12 heavy (non-hydrogen) atoms. The fourth-order valence-corrected chi connectivity index (χ4v) is 2.01. The SMILES string of the molecule is CSCCCC(C)(CCl)C(C)C. The summed E-state index contributed by atoms with van der Waals surface area (Å²) in [6.07, 6.45) is 4.71. The molecule has 74 valence electrons. The van der Waals surface area contributed by atoms with Gasteiger partial charge in [0.2, 0.25) is 0 Å². The van der Waals surface area contributed by atoms with Gasteiger partial charge < -0.3 is 0 Å². The van der Waals surface area contributed by atoms with E-state index in [0.717, 1.165) is 5.88 Å². The summed E-state index contributed by atoms with van der Waals surface area (Å²) in [4.78, 5) is 0. The lowest BCUT2D eigenvalue weighted by molar-refractivity contribution is 0.233. The highest BCUT2D eigenvalue weighted by atomic mass is 35.5. The van der Waals surface area contributed by atoms with Crippen molar-refractivity contribution >= 4 is 23.4 Å². The summed E-state index contributed by atoms with van der Waals surface area (Å²) >= 11 is 7.90. The number of rotatable bonds is 6. The molecule has 0 saturated heterocycles. The van der Waals surface area contributed by atoms with Gasteiger partial charge in [-0.1, -0.05) is 20.8 Å². The molecule has 0 N–H and O–H groups in total. The topological polar surface area (TPSA) is 0 Å². The smallest absolute Gasteiger partial charge is 0.0279 e. The summed E-state index contributed by atoms with van der Waals surface area (Å²) in [6.45, 7) is 6.83. The van der Waals surface area contributed by atoms with Crippen molar-refractivity contribution < 1.29 is 0 Å². The molecule has 0 spiro atoms. The molecule has 0 rings (SSSR count). The minimum atomic E-state index is 0.345. The average Bonchev–Trinajstić information content (AvgIpc) is 2.04. The van der Waals surface area contributed by atoms with E-state index < -0.39 is 0 Å². The predicted molar refractivity (Wildman–Crippen MR) is 61.3 cm³/mol. The van der Waals surface area contributed by atoms with Crippen molar-refractivity contribution in [3.8, 4) is 0 Å². The summed E-state index contributed by atoms with van der Waals surface area (Å²) in [5.74, 6) is 2.75. The molecule has 2 heteroatoms. The van der Waals surface area contributed by atoms with Crippen LogP contribution in [0, 0.1) is 11.3 Å². The molecule has 1 atom stereocenters. The third-order valence-corrected chi connectivity index (χ3v) is 4.10. The molecule has 0 aliphatic heterocycles. The van der Waals surface area contributed by atoms with E-state index in [1.54, 1.807) is 0 Å². The summed E-state index contributed by atoms with van der Waals surface area (Å²) < 4.78 is 0. The molecule has 0 fully saturated rings. The van der Waals surface area contributed by atoms with Gasteiger partial charge in [-0.05, 0) is 36.2 Å². The van der Waals surface area contributed by atoms with Crippen molar-refractivity contribution in [2.75, 3.05) is 17.9 Å². The van der Waals surface area contributed by atoms with Gasteiger partial charge in [0, 0.05) is 5.88 Å². The fourth-order valence-electron chi connectivity index (χ4n) is 1.13. The van der Waals surface area contributed by atoms with E-state index in [0.29, 0.717) is 11.3 Å². The van der Waals surface area contributed by atoms with E-state index in [2.05, 4.69) is 27.0 Å². The Labute approximate surface area is 86.5 Å². The Morgan fingerprint density at radius 3 is 2.33 bits per heavy atom. The molecule has 0 nitrogen and oxygen atoms in total. The van der Waals surface area contributed by atoms with E-state index in [4.69, 9.17) is 11.6 Å². The van der Waals surface area contributed by atoms with Gasteiger partial charge in [-0.25, -0.2) is 0 Å². The highest BCUT2D eigenvalue weighted by Crippen LogP contribution is 2.33. The minimum absolute atomic E-state index is 0.345. The number of hydrogen-bond acceptors (Lipinski definition) is 1. The van der Waals surface area contributed by atoms with Gasteiger partial charge in [0.25, 0.3) is 0 Å². The van der Waals surface area contributed by atoms with Gasteiger partial charge in [-0.2, -0.15) is 11.8 Å². The first-order valence-corrected chi connectivity index (χ1v) is 6.54. The van der Waals surface area contributed by atoms with E-state index in [-0.39, 0.29) is 0 Å². The van der Waals surface area contributed by atoms with E-state index in [9.17, 15) is 0 Å². The lowest BCUT2D eigenvalue weighted by Crippen LogP contribution is -2.25. The summed E-state index contributed by atoms with van der Waals surface area (Å²) in [6, 6.07) is 0. The first-order valence-electron chi connectivity index (χ1n) is 4.61. The number of hydrogen-bond donors (Lipinski definition) is 0. The number of thioether (sulfide) groups is 1. The summed E-state index contributed by atoms with van der Waals surface area (Å²) in [7, 11) is 0. The lowest BCUT2D eigenvalue weighted by Gasteiger charge is -2.31. The van der Waals surface area contributed by atoms with Crippen molar-refractivity contribution in [3.05, 3.63) is 0 Å². The molecule has 0 bridgehead atoms. The zero-order chi connectivity index (χ0) is 9.61. The maximum absolute atomic E-state index is 5.98. The third kappa shape index (κ3) is 4.04. The summed E-state index contributed by atoms with van der Waals surface area (Å²) in [5, 5.41) is 0. The van der Waals surface area contributed by atoms with Crippen LogP contribution >= 0.6 is 23.4 Å². The van der Waals surface area contributed by atoms with Gasteiger partial charge in [-0.3, -0.25) is 0 Å². The number of alkyl halides is 1. The van der Waals surface area contributed by atoms with Gasteiger partial charge >= 0.3 is 0 Å². The highest BCUT2D eigenvalue weighted by molar-refractivity contribution is 7.98. The standard InChI is InChI=1S/C10H21ClS/c1-9(2)10(3,8-11)6-5-7-12-4/h9H,5-8H2,1-4H3. The Kier molecular flexibility index (Phi) is 6.48. The molecule has 0 saturated carbocycles. The van der Waals surface area contributed by atoms with E-state index >= 15 is 0 Å². The molecule has 1 unspecified atom stereocenters. The van der Waals surface area contributed by atoms with E-state index in [1.165, 1.54) is 18.6 Å². The van der Waals surface area contributed by atoms with Crippen LogP contribution in [0.5, 0.6) is 0 Å². The molecule has 0 aliphatic rings. The van der Waals surface area contributed by atoms with Crippen LogP contribution in [0.1, 0.15) is 33.6 Å². The lowest BCUT2D eigenvalue weighted by atomic mass is 9.77. The van der Waals surface area contributed by atoms with Crippen LogP contribution < -0.4 is 0 Å². The second-order valence-corrected chi connectivity index (χ2v) is 5.29. The fraction of sp³-hybridized carbons (Fsp3) is 1.00. The molecule has 0 aromatic rings. The van der Waals surface area contributed by atoms with Crippen LogP contribution in [-0.2, 0) is 0 Å². The zero-order valence-corrected chi connectivity index (χ0v) is 10.3. The monoisotopic (exact) mass is 208 g/mol. The molecule has 0 radical (unpaired) electrons. The Morgan fingerprint density at radius 1 is 1.42 bits per heavy atom. The normalized spacial score (nSPS) is 16.5. The Morgan fingerprint density at radius 2 is 2.00 bits per heavy atom. The van der Waals surface area contributed by atoms with Crippen molar-refractivity contribution in [3.63, 3.8) is 0 Å². The van der Waals surface area contributed by atoms with E-state index in [1.807, 2.05) is 11.8 Å².